The zero-order chi connectivity index (χ0) is 27.5. The minimum absolute atomic E-state index is 0.0258. The van der Waals surface area contributed by atoms with Crippen molar-refractivity contribution >= 4 is 55.7 Å². The maximum Gasteiger partial charge on any atom is 0.301 e. The Labute approximate surface area is 235 Å². The van der Waals surface area contributed by atoms with Gasteiger partial charge in [-0.15, -0.1) is 0 Å². The number of hydrogen-bond donors (Lipinski definition) is 1. The maximum atomic E-state index is 13.5. The fraction of sp³-hybridized carbons (Fsp3) is 0.233. The lowest BCUT2D eigenvalue weighted by Gasteiger charge is -2.23. The van der Waals surface area contributed by atoms with E-state index in [4.69, 9.17) is 21.1 Å². The van der Waals surface area contributed by atoms with Crippen molar-refractivity contribution in [3.05, 3.63) is 88.5 Å². The van der Waals surface area contributed by atoms with Gasteiger partial charge >= 0.3 is 5.91 Å². The van der Waals surface area contributed by atoms with Crippen molar-refractivity contribution in [2.45, 2.75) is 32.2 Å². The third-order valence-electron chi connectivity index (χ3n) is 6.55. The van der Waals surface area contributed by atoms with Crippen LogP contribution in [-0.4, -0.2) is 35.5 Å². The van der Waals surface area contributed by atoms with E-state index in [0.717, 1.165) is 24.0 Å². The van der Waals surface area contributed by atoms with Crippen LogP contribution in [0, 0.1) is 0 Å². The molecule has 1 unspecified atom stereocenters. The number of ether oxygens (including phenoxy) is 2. The van der Waals surface area contributed by atoms with Crippen molar-refractivity contribution in [2.24, 2.45) is 0 Å². The minimum Gasteiger partial charge on any atom is -0.507 e. The average Bonchev–Trinajstić information content (AvgIpc) is 3.48. The van der Waals surface area contributed by atoms with Crippen LogP contribution in [0.2, 0.25) is 5.02 Å². The second kappa shape index (κ2) is 11.5. The van der Waals surface area contributed by atoms with Gasteiger partial charge in [0.1, 0.15) is 17.3 Å². The summed E-state index contributed by atoms with van der Waals surface area (Å²) in [5.41, 5.74) is 1.63. The number of anilines is 1. The average molecular weight is 563 g/mol. The van der Waals surface area contributed by atoms with Crippen molar-refractivity contribution in [1.82, 2.24) is 4.98 Å². The van der Waals surface area contributed by atoms with Gasteiger partial charge in [-0.1, -0.05) is 67.0 Å². The highest BCUT2D eigenvalue weighted by Gasteiger charge is 2.48. The topological polar surface area (TPSA) is 89.0 Å². The quantitative estimate of drug-likeness (QED) is 0.101. The first-order valence-corrected chi connectivity index (χ1v) is 13.8. The van der Waals surface area contributed by atoms with Crippen LogP contribution in [0.1, 0.15) is 43.4 Å². The molecule has 7 nitrogen and oxygen atoms in total. The number of hydrogen-bond acceptors (Lipinski definition) is 7. The molecule has 1 N–H and O–H groups in total. The number of benzene rings is 3. The number of Topliss-reactive ketones (excluding diaryl/α,β-unsaturated/α-hetero) is 1. The van der Waals surface area contributed by atoms with Gasteiger partial charge in [-0.25, -0.2) is 4.98 Å². The second-order valence-electron chi connectivity index (χ2n) is 9.13. The van der Waals surface area contributed by atoms with Crippen molar-refractivity contribution in [1.29, 1.82) is 0 Å². The van der Waals surface area contributed by atoms with Gasteiger partial charge in [-0.3, -0.25) is 14.5 Å². The Morgan fingerprint density at radius 2 is 1.85 bits per heavy atom. The molecule has 1 amide bonds. The summed E-state index contributed by atoms with van der Waals surface area (Å²) in [5.74, 6) is -0.650. The monoisotopic (exact) mass is 562 g/mol. The summed E-state index contributed by atoms with van der Waals surface area (Å²) in [4.78, 5) is 32.9. The largest absolute Gasteiger partial charge is 0.507 e. The molecule has 0 aliphatic carbocycles. The number of rotatable bonds is 9. The fourth-order valence-electron chi connectivity index (χ4n) is 4.55. The minimum atomic E-state index is -0.902. The van der Waals surface area contributed by atoms with E-state index < -0.39 is 17.7 Å². The molecule has 9 heteroatoms. The van der Waals surface area contributed by atoms with E-state index in [1.54, 1.807) is 42.5 Å². The molecule has 1 saturated heterocycles. The predicted octanol–water partition coefficient (Wildman–Crippen LogP) is 7.15. The van der Waals surface area contributed by atoms with Gasteiger partial charge in [-0.05, 0) is 54.4 Å². The summed E-state index contributed by atoms with van der Waals surface area (Å²) in [6.45, 7) is 2.74. The first kappa shape index (κ1) is 26.7. The van der Waals surface area contributed by atoms with E-state index in [1.165, 1.54) is 23.3 Å². The second-order valence-corrected chi connectivity index (χ2v) is 10.6. The molecule has 0 spiro atoms. The summed E-state index contributed by atoms with van der Waals surface area (Å²) < 4.78 is 11.9. The number of aliphatic hydroxyl groups is 1. The molecule has 1 fully saturated rings. The fourth-order valence-corrected chi connectivity index (χ4v) is 5.82. The van der Waals surface area contributed by atoms with E-state index >= 15 is 0 Å². The predicted molar refractivity (Wildman–Crippen MR) is 154 cm³/mol. The molecule has 5 rings (SSSR count). The van der Waals surface area contributed by atoms with Crippen LogP contribution >= 0.6 is 22.9 Å². The normalized spacial score (nSPS) is 16.7. The number of carbonyl (C=O) groups excluding carboxylic acids is 2. The Bertz CT molecular complexity index is 1560. The zero-order valence-corrected chi connectivity index (χ0v) is 23.1. The van der Waals surface area contributed by atoms with Gasteiger partial charge in [0.05, 0.1) is 35.5 Å². The molecule has 2 heterocycles. The number of methoxy groups -OCH3 is 1. The molecule has 200 valence electrons. The number of aromatic nitrogens is 1. The standard InChI is InChI=1S/C30H27ClN2O5S/c1-3-4-5-15-38-21-12-9-18(10-13-21)26-25(27(34)19-7-6-8-22(16-19)37-2)28(35)29(36)33(26)30-32-23-14-11-20(31)17-24(23)39-30/h6-14,16-17,26,34H,3-5,15H2,1-2H3/b27-25+. The van der Waals surface area contributed by atoms with E-state index in [0.29, 0.717) is 44.9 Å². The van der Waals surface area contributed by atoms with Gasteiger partial charge in [0.2, 0.25) is 0 Å². The molecule has 1 atom stereocenters. The van der Waals surface area contributed by atoms with Crippen LogP contribution < -0.4 is 14.4 Å². The third kappa shape index (κ3) is 5.35. The molecule has 1 aromatic heterocycles. The molecule has 1 aliphatic rings. The highest BCUT2D eigenvalue weighted by molar-refractivity contribution is 7.22. The summed E-state index contributed by atoms with van der Waals surface area (Å²) in [6, 6.07) is 18.3. The Kier molecular flexibility index (Phi) is 7.86. The van der Waals surface area contributed by atoms with E-state index in [2.05, 4.69) is 11.9 Å². The van der Waals surface area contributed by atoms with Crippen LogP contribution in [0.3, 0.4) is 0 Å². The Balaban J connectivity index is 1.61. The number of amides is 1. The van der Waals surface area contributed by atoms with Gasteiger partial charge in [0.15, 0.2) is 5.13 Å². The van der Waals surface area contributed by atoms with Crippen LogP contribution in [0.4, 0.5) is 5.13 Å². The van der Waals surface area contributed by atoms with Crippen LogP contribution in [-0.2, 0) is 9.59 Å². The Hall–Kier alpha value is -3.88. The van der Waals surface area contributed by atoms with E-state index in [1.807, 2.05) is 24.3 Å². The first-order chi connectivity index (χ1) is 18.9. The number of nitrogens with zero attached hydrogens (tertiary/aromatic N) is 2. The molecule has 3 aromatic carbocycles. The highest BCUT2D eigenvalue weighted by Crippen LogP contribution is 2.45. The number of ketones is 1. The Morgan fingerprint density at radius 3 is 2.59 bits per heavy atom. The van der Waals surface area contributed by atoms with Crippen LogP contribution in [0.5, 0.6) is 11.5 Å². The van der Waals surface area contributed by atoms with Crippen LogP contribution in [0.15, 0.2) is 72.3 Å². The summed E-state index contributed by atoms with van der Waals surface area (Å²) in [7, 11) is 1.52. The number of halogens is 1. The number of thiazole rings is 1. The van der Waals surface area contributed by atoms with Crippen molar-refractivity contribution in [2.75, 3.05) is 18.6 Å². The molecule has 39 heavy (non-hydrogen) atoms. The van der Waals surface area contributed by atoms with E-state index in [9.17, 15) is 14.7 Å². The lowest BCUT2D eigenvalue weighted by molar-refractivity contribution is -0.132. The summed E-state index contributed by atoms with van der Waals surface area (Å²) in [6.07, 6.45) is 3.15. The molecule has 1 aliphatic heterocycles. The number of aliphatic hydroxyl groups excluding tert-OH is 1. The van der Waals surface area contributed by atoms with Gasteiger partial charge in [-0.2, -0.15) is 0 Å². The van der Waals surface area contributed by atoms with Crippen molar-refractivity contribution in [3.63, 3.8) is 0 Å². The third-order valence-corrected chi connectivity index (χ3v) is 7.80. The lowest BCUT2D eigenvalue weighted by Crippen LogP contribution is -2.29. The first-order valence-electron chi connectivity index (χ1n) is 12.7. The summed E-state index contributed by atoms with van der Waals surface area (Å²) in [5, 5.41) is 12.3. The number of fused-ring (bicyclic) bond motifs is 1. The molecular weight excluding hydrogens is 536 g/mol. The number of unbranched alkanes of at least 4 members (excludes halogenated alkanes) is 2. The highest BCUT2D eigenvalue weighted by atomic mass is 35.5. The number of carbonyl (C=O) groups is 2. The molecule has 0 saturated carbocycles. The molecular formula is C30H27ClN2O5S. The molecule has 0 bridgehead atoms. The van der Waals surface area contributed by atoms with Gasteiger partial charge in [0, 0.05) is 10.6 Å². The SMILES string of the molecule is CCCCCOc1ccc(C2/C(=C(\O)c3cccc(OC)c3)C(=O)C(=O)N2c2nc3ccc(Cl)cc3s2)cc1. The zero-order valence-electron chi connectivity index (χ0n) is 21.5. The van der Waals surface area contributed by atoms with Gasteiger partial charge < -0.3 is 14.6 Å². The molecule has 0 radical (unpaired) electrons. The molecule has 4 aromatic rings. The summed E-state index contributed by atoms with van der Waals surface area (Å²) >= 11 is 7.43. The van der Waals surface area contributed by atoms with Crippen molar-refractivity contribution < 1.29 is 24.2 Å². The van der Waals surface area contributed by atoms with Crippen molar-refractivity contribution in [3.8, 4) is 11.5 Å². The van der Waals surface area contributed by atoms with E-state index in [-0.39, 0.29) is 11.3 Å². The Morgan fingerprint density at radius 1 is 1.05 bits per heavy atom. The smallest absolute Gasteiger partial charge is 0.301 e. The van der Waals surface area contributed by atoms with Gasteiger partial charge in [0.25, 0.3) is 5.78 Å². The lowest BCUT2D eigenvalue weighted by atomic mass is 9.95. The maximum absolute atomic E-state index is 13.5. The van der Waals surface area contributed by atoms with Crippen LogP contribution in [0.25, 0.3) is 16.0 Å².